The number of benzene rings is 3. The van der Waals surface area contributed by atoms with E-state index in [9.17, 15) is 23.2 Å². The number of β-lactam (4-membered cyclic amide) rings is 1. The molecule has 0 bridgehead atoms. The highest BCUT2D eigenvalue weighted by molar-refractivity contribution is 6.55. The van der Waals surface area contributed by atoms with Crippen molar-refractivity contribution in [1.82, 2.24) is 4.90 Å². The third kappa shape index (κ3) is 3.44. The van der Waals surface area contributed by atoms with Crippen molar-refractivity contribution in [2.45, 2.75) is 19.0 Å². The van der Waals surface area contributed by atoms with E-state index in [0.717, 1.165) is 4.90 Å². The largest absolute Gasteiger partial charge is 0.300 e. The number of imide groups is 1. The van der Waals surface area contributed by atoms with Gasteiger partial charge in [0, 0.05) is 5.69 Å². The van der Waals surface area contributed by atoms with Crippen LogP contribution in [-0.2, 0) is 4.79 Å². The lowest BCUT2D eigenvalue weighted by Gasteiger charge is -2.49. The van der Waals surface area contributed by atoms with Gasteiger partial charge in [-0.1, -0.05) is 64.6 Å². The standard InChI is InChI=1S/C24H12Cl4F2N2O3/c1-9-2-7-12(8-13(9)30)31-20(10-3-5-11(29)6-4-10)21(24(31)35)32-22(33)14-15(23(32)34)17(26)19(28)18(27)16(14)25/h2-8,20-21H,1H3. The lowest BCUT2D eigenvalue weighted by Crippen LogP contribution is -2.67. The molecule has 1 fully saturated rings. The van der Waals surface area contributed by atoms with E-state index in [4.69, 9.17) is 46.4 Å². The first-order chi connectivity index (χ1) is 16.5. The van der Waals surface area contributed by atoms with Gasteiger partial charge in [0.2, 0.25) is 0 Å². The van der Waals surface area contributed by atoms with Crippen LogP contribution in [0.4, 0.5) is 14.5 Å². The Balaban J connectivity index is 1.64. The first-order valence-corrected chi connectivity index (χ1v) is 11.6. The SMILES string of the molecule is Cc1ccc(N2C(=O)C(N3C(=O)c4c(Cl)c(Cl)c(Cl)c(Cl)c4C3=O)C2c2ccc(F)cc2)cc1F. The number of anilines is 1. The zero-order valence-corrected chi connectivity index (χ0v) is 20.6. The summed E-state index contributed by atoms with van der Waals surface area (Å²) in [5.74, 6) is -3.47. The van der Waals surface area contributed by atoms with Gasteiger partial charge in [0.1, 0.15) is 17.7 Å². The van der Waals surface area contributed by atoms with E-state index in [2.05, 4.69) is 0 Å². The maximum Gasteiger partial charge on any atom is 0.264 e. The molecule has 3 aromatic rings. The molecule has 5 nitrogen and oxygen atoms in total. The second kappa shape index (κ2) is 8.45. The highest BCUT2D eigenvalue weighted by Crippen LogP contribution is 2.49. The number of amides is 3. The minimum atomic E-state index is -1.33. The van der Waals surface area contributed by atoms with Crippen LogP contribution in [0.25, 0.3) is 0 Å². The normalized spacial score (nSPS) is 19.3. The van der Waals surface area contributed by atoms with E-state index in [-0.39, 0.29) is 36.9 Å². The molecule has 2 atom stereocenters. The fourth-order valence-electron chi connectivity index (χ4n) is 4.36. The first kappa shape index (κ1) is 24.0. The number of carbonyl (C=O) groups excluding carboxylic acids is 3. The molecule has 2 unspecified atom stereocenters. The van der Waals surface area contributed by atoms with Gasteiger partial charge in [-0.15, -0.1) is 0 Å². The molecule has 0 radical (unpaired) electrons. The lowest BCUT2D eigenvalue weighted by atomic mass is 9.86. The highest BCUT2D eigenvalue weighted by atomic mass is 35.5. The molecule has 3 aromatic carbocycles. The Morgan fingerprint density at radius 3 is 1.77 bits per heavy atom. The summed E-state index contributed by atoms with van der Waals surface area (Å²) in [4.78, 5) is 42.1. The van der Waals surface area contributed by atoms with Crippen LogP contribution < -0.4 is 4.90 Å². The molecule has 35 heavy (non-hydrogen) atoms. The summed E-state index contributed by atoms with van der Waals surface area (Å²) < 4.78 is 27.9. The summed E-state index contributed by atoms with van der Waals surface area (Å²) in [5.41, 5.74) is 0.474. The molecular weight excluding hydrogens is 544 g/mol. The summed E-state index contributed by atoms with van der Waals surface area (Å²) in [6.07, 6.45) is 0. The van der Waals surface area contributed by atoms with Gasteiger partial charge in [-0.05, 0) is 42.3 Å². The molecule has 2 heterocycles. The Kier molecular flexibility index (Phi) is 5.79. The fourth-order valence-corrected chi connectivity index (χ4v) is 5.37. The Labute approximate surface area is 217 Å². The van der Waals surface area contributed by atoms with Gasteiger partial charge in [0.15, 0.2) is 0 Å². The number of rotatable bonds is 3. The number of hydrogen-bond acceptors (Lipinski definition) is 3. The molecule has 0 N–H and O–H groups in total. The lowest BCUT2D eigenvalue weighted by molar-refractivity contribution is -0.130. The quantitative estimate of drug-likeness (QED) is 0.157. The molecule has 3 amide bonds. The van der Waals surface area contributed by atoms with E-state index >= 15 is 0 Å². The Morgan fingerprint density at radius 1 is 0.714 bits per heavy atom. The molecule has 11 heteroatoms. The van der Waals surface area contributed by atoms with E-state index < -0.39 is 41.4 Å². The predicted octanol–water partition coefficient (Wildman–Crippen LogP) is 6.64. The Hall–Kier alpha value is -2.71. The van der Waals surface area contributed by atoms with E-state index in [1.807, 2.05) is 0 Å². The fraction of sp³-hybridized carbons (Fsp3) is 0.125. The van der Waals surface area contributed by atoms with Gasteiger partial charge in [0.05, 0.1) is 37.3 Å². The van der Waals surface area contributed by atoms with Crippen LogP contribution in [0.15, 0.2) is 42.5 Å². The average Bonchev–Trinajstić information content (AvgIpc) is 3.08. The van der Waals surface area contributed by atoms with E-state index in [0.29, 0.717) is 11.1 Å². The van der Waals surface area contributed by atoms with Crippen LogP contribution in [0.1, 0.15) is 37.9 Å². The molecule has 0 aliphatic carbocycles. The number of carbonyl (C=O) groups is 3. The number of halogens is 6. The molecule has 0 aromatic heterocycles. The maximum atomic E-state index is 14.3. The smallest absolute Gasteiger partial charge is 0.264 e. The summed E-state index contributed by atoms with van der Waals surface area (Å²) >= 11 is 24.6. The average molecular weight is 556 g/mol. The van der Waals surface area contributed by atoms with E-state index in [1.165, 1.54) is 41.3 Å². The molecule has 0 spiro atoms. The molecule has 5 rings (SSSR count). The molecule has 2 aliphatic rings. The van der Waals surface area contributed by atoms with Crippen LogP contribution in [0, 0.1) is 18.6 Å². The molecular formula is C24H12Cl4F2N2O3. The highest BCUT2D eigenvalue weighted by Gasteiger charge is 2.58. The first-order valence-electron chi connectivity index (χ1n) is 10.1. The van der Waals surface area contributed by atoms with Crippen LogP contribution >= 0.6 is 46.4 Å². The van der Waals surface area contributed by atoms with Crippen molar-refractivity contribution in [1.29, 1.82) is 0 Å². The van der Waals surface area contributed by atoms with Crippen molar-refractivity contribution in [3.8, 4) is 0 Å². The van der Waals surface area contributed by atoms with Gasteiger partial charge in [-0.2, -0.15) is 0 Å². The second-order valence-corrected chi connectivity index (χ2v) is 9.58. The van der Waals surface area contributed by atoms with Gasteiger partial charge in [0.25, 0.3) is 17.7 Å². The molecule has 2 aliphatic heterocycles. The monoisotopic (exact) mass is 554 g/mol. The predicted molar refractivity (Wildman–Crippen MR) is 129 cm³/mol. The van der Waals surface area contributed by atoms with Crippen molar-refractivity contribution in [2.75, 3.05) is 4.90 Å². The van der Waals surface area contributed by atoms with Crippen LogP contribution in [0.5, 0.6) is 0 Å². The maximum absolute atomic E-state index is 14.3. The second-order valence-electron chi connectivity index (χ2n) is 8.07. The summed E-state index contributed by atoms with van der Waals surface area (Å²) in [5, 5.41) is -0.933. The van der Waals surface area contributed by atoms with Crippen LogP contribution in [-0.4, -0.2) is 28.7 Å². The zero-order chi connectivity index (χ0) is 25.3. The van der Waals surface area contributed by atoms with E-state index in [1.54, 1.807) is 13.0 Å². The molecule has 0 saturated carbocycles. The molecule has 178 valence electrons. The van der Waals surface area contributed by atoms with Gasteiger partial charge in [-0.3, -0.25) is 19.3 Å². The zero-order valence-electron chi connectivity index (χ0n) is 17.6. The summed E-state index contributed by atoms with van der Waals surface area (Å²) in [6.45, 7) is 1.57. The minimum Gasteiger partial charge on any atom is -0.300 e. The topological polar surface area (TPSA) is 57.7 Å². The van der Waals surface area contributed by atoms with Crippen molar-refractivity contribution in [3.63, 3.8) is 0 Å². The number of nitrogens with zero attached hydrogens (tertiary/aromatic N) is 2. The third-order valence-electron chi connectivity index (χ3n) is 6.12. The van der Waals surface area contributed by atoms with Gasteiger partial charge >= 0.3 is 0 Å². The van der Waals surface area contributed by atoms with Crippen LogP contribution in [0.3, 0.4) is 0 Å². The minimum absolute atomic E-state index is 0.202. The Morgan fingerprint density at radius 2 is 1.26 bits per heavy atom. The summed E-state index contributed by atoms with van der Waals surface area (Å²) in [7, 11) is 0. The van der Waals surface area contributed by atoms with Crippen molar-refractivity contribution < 1.29 is 23.2 Å². The van der Waals surface area contributed by atoms with Gasteiger partial charge in [-0.25, -0.2) is 8.78 Å². The third-order valence-corrected chi connectivity index (χ3v) is 7.93. The van der Waals surface area contributed by atoms with Crippen molar-refractivity contribution >= 4 is 69.8 Å². The van der Waals surface area contributed by atoms with Crippen LogP contribution in [0.2, 0.25) is 20.1 Å². The number of aryl methyl sites for hydroxylation is 1. The van der Waals surface area contributed by atoms with Gasteiger partial charge < -0.3 is 4.90 Å². The van der Waals surface area contributed by atoms with Crippen molar-refractivity contribution in [2.24, 2.45) is 0 Å². The summed E-state index contributed by atoms with van der Waals surface area (Å²) in [6, 6.07) is 7.15. The number of hydrogen-bond donors (Lipinski definition) is 0. The Bertz CT molecular complexity index is 1420. The molecule has 1 saturated heterocycles. The number of fused-ring (bicyclic) bond motifs is 1. The van der Waals surface area contributed by atoms with Crippen molar-refractivity contribution in [3.05, 3.63) is 96.4 Å².